The number of carbonyl (C=O) groups is 2. The summed E-state index contributed by atoms with van der Waals surface area (Å²) in [7, 11) is 0. The van der Waals surface area contributed by atoms with Gasteiger partial charge in [0.05, 0.1) is 4.88 Å². The molecule has 1 aliphatic heterocycles. The summed E-state index contributed by atoms with van der Waals surface area (Å²) >= 11 is 0.967. The van der Waals surface area contributed by atoms with Crippen molar-refractivity contribution in [3.63, 3.8) is 0 Å². The Morgan fingerprint density at radius 2 is 1.85 bits per heavy atom. The van der Waals surface area contributed by atoms with Crippen molar-refractivity contribution in [2.75, 3.05) is 19.6 Å². The fourth-order valence-corrected chi connectivity index (χ4v) is 5.06. The monoisotopic (exact) mass is 380 g/mol. The fourth-order valence-electron chi connectivity index (χ4n) is 4.31. The predicted molar refractivity (Wildman–Crippen MR) is 102 cm³/mol. The first-order valence-electron chi connectivity index (χ1n) is 9.80. The van der Waals surface area contributed by atoms with Crippen LogP contribution in [0.25, 0.3) is 0 Å². The third kappa shape index (κ3) is 5.36. The highest BCUT2D eigenvalue weighted by Crippen LogP contribution is 2.29. The second-order valence-corrected chi connectivity index (χ2v) is 8.82. The predicted octanol–water partition coefficient (Wildman–Crippen LogP) is 3.87. The maximum Gasteiger partial charge on any atom is 0.217 e. The average molecular weight is 381 g/mol. The standard InChI is InChI=1S/C20H29FN2O2S/c1-14(24)22-17-4-2-15(3-5-17)8-11-23-12-9-16(10-13-23)20(25)18-6-7-19(21)26-18/h6-7,15-17H,2-5,8-13H2,1H3,(H,22,24). The molecule has 0 unspecified atom stereocenters. The minimum Gasteiger partial charge on any atom is -0.354 e. The lowest BCUT2D eigenvalue weighted by molar-refractivity contribution is -0.119. The molecule has 1 amide bonds. The first kappa shape index (κ1) is 19.5. The van der Waals surface area contributed by atoms with Crippen LogP contribution >= 0.6 is 11.3 Å². The zero-order valence-electron chi connectivity index (χ0n) is 15.5. The van der Waals surface area contributed by atoms with Gasteiger partial charge in [-0.05, 0) is 82.6 Å². The molecule has 1 N–H and O–H groups in total. The van der Waals surface area contributed by atoms with Crippen LogP contribution in [0.15, 0.2) is 12.1 Å². The van der Waals surface area contributed by atoms with E-state index in [9.17, 15) is 14.0 Å². The summed E-state index contributed by atoms with van der Waals surface area (Å²) in [5.41, 5.74) is 0. The van der Waals surface area contributed by atoms with Crippen molar-refractivity contribution in [3.05, 3.63) is 22.1 Å². The Morgan fingerprint density at radius 1 is 1.15 bits per heavy atom. The molecule has 0 bridgehead atoms. The molecule has 4 nitrogen and oxygen atoms in total. The van der Waals surface area contributed by atoms with E-state index in [1.54, 1.807) is 13.0 Å². The van der Waals surface area contributed by atoms with Crippen molar-refractivity contribution in [3.8, 4) is 0 Å². The van der Waals surface area contributed by atoms with Gasteiger partial charge in [0.15, 0.2) is 10.9 Å². The van der Waals surface area contributed by atoms with E-state index < -0.39 is 0 Å². The van der Waals surface area contributed by atoms with Crippen LogP contribution < -0.4 is 5.32 Å². The summed E-state index contributed by atoms with van der Waals surface area (Å²) < 4.78 is 13.1. The Balaban J connectivity index is 1.34. The number of halogens is 1. The molecule has 2 fully saturated rings. The third-order valence-electron chi connectivity index (χ3n) is 5.88. The normalized spacial score (nSPS) is 25.2. The van der Waals surface area contributed by atoms with Gasteiger partial charge in [-0.25, -0.2) is 0 Å². The van der Waals surface area contributed by atoms with E-state index in [0.29, 0.717) is 10.9 Å². The number of ketones is 1. The Labute approximate surface area is 159 Å². The second kappa shape index (κ2) is 9.09. The van der Waals surface area contributed by atoms with Crippen LogP contribution in [0, 0.1) is 17.0 Å². The largest absolute Gasteiger partial charge is 0.354 e. The number of hydrogen-bond acceptors (Lipinski definition) is 4. The van der Waals surface area contributed by atoms with E-state index in [2.05, 4.69) is 10.2 Å². The summed E-state index contributed by atoms with van der Waals surface area (Å²) in [5, 5.41) is 2.76. The summed E-state index contributed by atoms with van der Waals surface area (Å²) in [5.74, 6) is 1.01. The number of likely N-dealkylation sites (tertiary alicyclic amines) is 1. The van der Waals surface area contributed by atoms with Crippen molar-refractivity contribution in [2.24, 2.45) is 11.8 Å². The Bertz CT molecular complexity index is 617. The highest BCUT2D eigenvalue weighted by atomic mass is 32.1. The number of amides is 1. The van der Waals surface area contributed by atoms with E-state index in [-0.39, 0.29) is 22.7 Å². The summed E-state index contributed by atoms with van der Waals surface area (Å²) in [6.07, 6.45) is 7.56. The highest BCUT2D eigenvalue weighted by Gasteiger charge is 2.28. The molecule has 0 spiro atoms. The quantitative estimate of drug-likeness (QED) is 0.762. The molecule has 1 aromatic rings. The van der Waals surface area contributed by atoms with Gasteiger partial charge in [-0.2, -0.15) is 4.39 Å². The lowest BCUT2D eigenvalue weighted by Gasteiger charge is -2.34. The molecule has 26 heavy (non-hydrogen) atoms. The fraction of sp³-hybridized carbons (Fsp3) is 0.700. The van der Waals surface area contributed by atoms with Gasteiger partial charge < -0.3 is 10.2 Å². The maximum absolute atomic E-state index is 13.1. The molecule has 1 aliphatic carbocycles. The average Bonchev–Trinajstić information content (AvgIpc) is 3.07. The number of thiophene rings is 1. The zero-order chi connectivity index (χ0) is 18.5. The van der Waals surface area contributed by atoms with E-state index >= 15 is 0 Å². The van der Waals surface area contributed by atoms with Crippen LogP contribution in [0.1, 0.15) is 61.5 Å². The van der Waals surface area contributed by atoms with Crippen LogP contribution in [0.4, 0.5) is 4.39 Å². The molecular weight excluding hydrogens is 351 g/mol. The van der Waals surface area contributed by atoms with E-state index in [0.717, 1.165) is 62.6 Å². The molecule has 1 saturated carbocycles. The number of nitrogens with one attached hydrogen (secondary N) is 1. The summed E-state index contributed by atoms with van der Waals surface area (Å²) in [6, 6.07) is 3.37. The smallest absolute Gasteiger partial charge is 0.217 e. The Hall–Kier alpha value is -1.27. The molecule has 2 heterocycles. The van der Waals surface area contributed by atoms with Crippen molar-refractivity contribution >= 4 is 23.0 Å². The van der Waals surface area contributed by atoms with Gasteiger partial charge in [0.25, 0.3) is 0 Å². The van der Waals surface area contributed by atoms with E-state index in [1.165, 1.54) is 25.3 Å². The molecule has 6 heteroatoms. The summed E-state index contributed by atoms with van der Waals surface area (Å²) in [6.45, 7) is 4.62. The SMILES string of the molecule is CC(=O)NC1CCC(CCN2CCC(C(=O)c3ccc(F)s3)CC2)CC1. The first-order valence-corrected chi connectivity index (χ1v) is 10.6. The Morgan fingerprint density at radius 3 is 2.42 bits per heavy atom. The maximum atomic E-state index is 13.1. The molecule has 0 atom stereocenters. The molecular formula is C20H29FN2O2S. The molecule has 2 aliphatic rings. The molecule has 0 radical (unpaired) electrons. The second-order valence-electron chi connectivity index (χ2n) is 7.79. The minimum atomic E-state index is -0.279. The van der Waals surface area contributed by atoms with E-state index in [4.69, 9.17) is 0 Å². The van der Waals surface area contributed by atoms with Crippen LogP contribution in [-0.2, 0) is 4.79 Å². The topological polar surface area (TPSA) is 49.4 Å². The number of rotatable bonds is 6. The molecule has 1 aromatic heterocycles. The van der Waals surface area contributed by atoms with Gasteiger partial charge in [0, 0.05) is 18.9 Å². The van der Waals surface area contributed by atoms with Crippen LogP contribution in [0.5, 0.6) is 0 Å². The molecule has 1 saturated heterocycles. The Kier molecular flexibility index (Phi) is 6.81. The van der Waals surface area contributed by atoms with Crippen molar-refractivity contribution in [1.82, 2.24) is 10.2 Å². The van der Waals surface area contributed by atoms with Gasteiger partial charge in [0.1, 0.15) is 0 Å². The van der Waals surface area contributed by atoms with Gasteiger partial charge >= 0.3 is 0 Å². The molecule has 144 valence electrons. The van der Waals surface area contributed by atoms with Gasteiger partial charge in [-0.3, -0.25) is 9.59 Å². The number of Topliss-reactive ketones (excluding diaryl/α,β-unsaturated/α-hetero) is 1. The van der Waals surface area contributed by atoms with Crippen molar-refractivity contribution in [2.45, 2.75) is 57.9 Å². The molecule has 3 rings (SSSR count). The lowest BCUT2D eigenvalue weighted by atomic mass is 9.83. The minimum absolute atomic E-state index is 0.0531. The first-order chi connectivity index (χ1) is 12.5. The number of piperidine rings is 1. The van der Waals surface area contributed by atoms with Crippen molar-refractivity contribution in [1.29, 1.82) is 0 Å². The zero-order valence-corrected chi connectivity index (χ0v) is 16.3. The summed E-state index contributed by atoms with van der Waals surface area (Å²) in [4.78, 5) is 26.6. The number of hydrogen-bond donors (Lipinski definition) is 1. The van der Waals surface area contributed by atoms with Gasteiger partial charge in [0.2, 0.25) is 5.91 Å². The van der Waals surface area contributed by atoms with Crippen LogP contribution in [-0.4, -0.2) is 42.3 Å². The van der Waals surface area contributed by atoms with Crippen LogP contribution in [0.2, 0.25) is 0 Å². The number of carbonyl (C=O) groups excluding carboxylic acids is 2. The van der Waals surface area contributed by atoms with Gasteiger partial charge in [-0.15, -0.1) is 11.3 Å². The number of nitrogens with zero attached hydrogens (tertiary/aromatic N) is 1. The highest BCUT2D eigenvalue weighted by molar-refractivity contribution is 7.12. The van der Waals surface area contributed by atoms with Crippen molar-refractivity contribution < 1.29 is 14.0 Å². The molecule has 0 aromatic carbocycles. The van der Waals surface area contributed by atoms with Crippen LogP contribution in [0.3, 0.4) is 0 Å². The van der Waals surface area contributed by atoms with E-state index in [1.807, 2.05) is 0 Å². The van der Waals surface area contributed by atoms with Gasteiger partial charge in [-0.1, -0.05) is 0 Å². The lowest BCUT2D eigenvalue weighted by Crippen LogP contribution is -2.39. The third-order valence-corrected chi connectivity index (χ3v) is 6.77.